The topological polar surface area (TPSA) is 92.3 Å². The predicted molar refractivity (Wildman–Crippen MR) is 135 cm³/mol. The number of aromatic nitrogens is 3. The van der Waals surface area contributed by atoms with E-state index in [1.807, 2.05) is 53.1 Å². The number of nitrogens with zero attached hydrogens (tertiary/aromatic N) is 3. The highest BCUT2D eigenvalue weighted by Gasteiger charge is 2.25. The quantitative estimate of drug-likeness (QED) is 0.233. The molecule has 0 unspecified atom stereocenters. The zero-order valence-electron chi connectivity index (χ0n) is 19.9. The second-order valence-corrected chi connectivity index (χ2v) is 8.44. The van der Waals surface area contributed by atoms with E-state index >= 15 is 0 Å². The van der Waals surface area contributed by atoms with Crippen LogP contribution in [0.25, 0.3) is 22.2 Å². The zero-order chi connectivity index (χ0) is 23.9. The lowest BCUT2D eigenvalue weighted by Gasteiger charge is -2.09. The fourth-order valence-corrected chi connectivity index (χ4v) is 4.12. The van der Waals surface area contributed by atoms with Crippen molar-refractivity contribution in [2.45, 2.75) is 52.0 Å². The van der Waals surface area contributed by atoms with Crippen molar-refractivity contribution in [3.05, 3.63) is 59.7 Å². The fraction of sp³-hybridized carbons (Fsp3) is 0.370. The number of nitrogens with two attached hydrogens (primary N) is 1. The van der Waals surface area contributed by atoms with Crippen molar-refractivity contribution in [3.63, 3.8) is 0 Å². The number of ether oxygens (including phenoxy) is 2. The van der Waals surface area contributed by atoms with Crippen molar-refractivity contribution in [2.24, 2.45) is 0 Å². The number of rotatable bonds is 11. The van der Waals surface area contributed by atoms with Gasteiger partial charge < -0.3 is 19.8 Å². The van der Waals surface area contributed by atoms with Crippen molar-refractivity contribution in [1.29, 1.82) is 0 Å². The Labute approximate surface area is 199 Å². The van der Waals surface area contributed by atoms with Gasteiger partial charge in [0, 0.05) is 6.54 Å². The molecule has 2 aromatic heterocycles. The Morgan fingerprint density at radius 3 is 2.38 bits per heavy atom. The molecule has 0 aliphatic rings. The second-order valence-electron chi connectivity index (χ2n) is 8.44. The van der Waals surface area contributed by atoms with E-state index in [9.17, 15) is 4.79 Å². The molecule has 0 aliphatic carbocycles. The monoisotopic (exact) mass is 460 g/mol. The van der Waals surface area contributed by atoms with Crippen LogP contribution in [0.2, 0.25) is 0 Å². The normalized spacial score (nSPS) is 11.2. The maximum atomic E-state index is 13.1. The van der Waals surface area contributed by atoms with E-state index in [1.54, 1.807) is 7.11 Å². The van der Waals surface area contributed by atoms with E-state index in [2.05, 4.69) is 6.92 Å². The predicted octanol–water partition coefficient (Wildman–Crippen LogP) is 5.55. The van der Waals surface area contributed by atoms with Crippen LogP contribution in [-0.2, 0) is 17.7 Å². The molecule has 178 valence electrons. The van der Waals surface area contributed by atoms with Gasteiger partial charge in [0.05, 0.1) is 24.8 Å². The molecule has 0 saturated heterocycles. The molecule has 2 aromatic carbocycles. The Morgan fingerprint density at radius 1 is 0.971 bits per heavy atom. The standard InChI is InChI=1S/C27H32N4O3/c1-3-4-5-6-9-18-34-27(32)23-24-26(30-22-11-8-7-10-21(22)29-24)31(25(23)28)17-16-19-12-14-20(33-2)15-13-19/h7-8,10-15H,3-6,9,16-18,28H2,1-2H3. The highest BCUT2D eigenvalue weighted by molar-refractivity contribution is 6.08. The van der Waals surface area contributed by atoms with Gasteiger partial charge in [-0.25, -0.2) is 14.8 Å². The van der Waals surface area contributed by atoms with Crippen molar-refractivity contribution in [1.82, 2.24) is 14.5 Å². The first kappa shape index (κ1) is 23.5. The van der Waals surface area contributed by atoms with Gasteiger partial charge in [-0.15, -0.1) is 0 Å². The van der Waals surface area contributed by atoms with Crippen LogP contribution in [0, 0.1) is 0 Å². The molecule has 34 heavy (non-hydrogen) atoms. The summed E-state index contributed by atoms with van der Waals surface area (Å²) < 4.78 is 12.7. The smallest absolute Gasteiger partial charge is 0.344 e. The molecule has 4 aromatic rings. The van der Waals surface area contributed by atoms with Gasteiger partial charge >= 0.3 is 5.97 Å². The molecule has 7 heteroatoms. The summed E-state index contributed by atoms with van der Waals surface area (Å²) in [5.41, 5.74) is 10.5. The summed E-state index contributed by atoms with van der Waals surface area (Å²) in [6, 6.07) is 15.5. The van der Waals surface area contributed by atoms with Crippen molar-refractivity contribution in [2.75, 3.05) is 19.5 Å². The highest BCUT2D eigenvalue weighted by atomic mass is 16.5. The first-order valence-corrected chi connectivity index (χ1v) is 12.0. The van der Waals surface area contributed by atoms with Gasteiger partial charge in [0.15, 0.2) is 5.65 Å². The maximum absolute atomic E-state index is 13.1. The third kappa shape index (κ3) is 5.14. The number of esters is 1. The second kappa shape index (κ2) is 11.0. The van der Waals surface area contributed by atoms with E-state index in [1.165, 1.54) is 12.8 Å². The molecule has 0 radical (unpaired) electrons. The Kier molecular flexibility index (Phi) is 7.62. The first-order chi connectivity index (χ1) is 16.6. The number of fused-ring (bicyclic) bond motifs is 2. The van der Waals surface area contributed by atoms with Crippen molar-refractivity contribution in [3.8, 4) is 5.75 Å². The SMILES string of the molecule is CCCCCCCOC(=O)c1c(N)n(CCc2ccc(OC)cc2)c2nc3ccccc3nc12. The highest BCUT2D eigenvalue weighted by Crippen LogP contribution is 2.29. The van der Waals surface area contributed by atoms with Gasteiger partial charge in [-0.1, -0.05) is 56.9 Å². The average molecular weight is 461 g/mol. The number of nitrogen functional groups attached to an aromatic ring is 1. The number of unbranched alkanes of at least 4 members (excludes halogenated alkanes) is 4. The summed E-state index contributed by atoms with van der Waals surface area (Å²) in [7, 11) is 1.65. The van der Waals surface area contributed by atoms with Gasteiger partial charge in [-0.2, -0.15) is 0 Å². The summed E-state index contributed by atoms with van der Waals surface area (Å²) >= 11 is 0. The van der Waals surface area contributed by atoms with Gasteiger partial charge in [0.1, 0.15) is 22.6 Å². The molecule has 4 rings (SSSR count). The summed E-state index contributed by atoms with van der Waals surface area (Å²) in [6.45, 7) is 3.12. The van der Waals surface area contributed by atoms with Crippen molar-refractivity contribution >= 4 is 34.0 Å². The van der Waals surface area contributed by atoms with Crippen LogP contribution in [0.3, 0.4) is 0 Å². The molecule has 2 N–H and O–H groups in total. The number of hydrogen-bond donors (Lipinski definition) is 1. The number of carbonyl (C=O) groups excluding carboxylic acids is 1. The molecule has 0 aliphatic heterocycles. The molecule has 2 heterocycles. The van der Waals surface area contributed by atoms with Crippen LogP contribution in [0.5, 0.6) is 5.75 Å². The number of hydrogen-bond acceptors (Lipinski definition) is 6. The van der Waals surface area contributed by atoms with Crippen molar-refractivity contribution < 1.29 is 14.3 Å². The number of carbonyl (C=O) groups is 1. The molecular formula is C27H32N4O3. The van der Waals surface area contributed by atoms with Gasteiger partial charge in [0.2, 0.25) is 0 Å². The van der Waals surface area contributed by atoms with Crippen LogP contribution in [0.15, 0.2) is 48.5 Å². The summed E-state index contributed by atoms with van der Waals surface area (Å²) in [4.78, 5) is 22.6. The molecular weight excluding hydrogens is 428 g/mol. The minimum Gasteiger partial charge on any atom is -0.497 e. The maximum Gasteiger partial charge on any atom is 0.344 e. The molecule has 0 saturated carbocycles. The largest absolute Gasteiger partial charge is 0.497 e. The van der Waals surface area contributed by atoms with E-state index in [4.69, 9.17) is 25.2 Å². The molecule has 0 atom stereocenters. The third-order valence-corrected chi connectivity index (χ3v) is 6.06. The Hall–Kier alpha value is -3.61. The Balaban J connectivity index is 1.62. The molecule has 7 nitrogen and oxygen atoms in total. The Bertz CT molecular complexity index is 1260. The lowest BCUT2D eigenvalue weighted by molar-refractivity contribution is 0.0501. The summed E-state index contributed by atoms with van der Waals surface area (Å²) in [6.07, 6.45) is 6.14. The lowest BCUT2D eigenvalue weighted by Crippen LogP contribution is -2.11. The number of benzene rings is 2. The minimum absolute atomic E-state index is 0.302. The van der Waals surface area contributed by atoms with E-state index in [0.29, 0.717) is 35.7 Å². The zero-order valence-corrected chi connectivity index (χ0v) is 19.9. The fourth-order valence-electron chi connectivity index (χ4n) is 4.12. The van der Waals surface area contributed by atoms with Crippen LogP contribution in [0.1, 0.15) is 54.9 Å². The minimum atomic E-state index is -0.439. The molecule has 0 fully saturated rings. The number of methoxy groups -OCH3 is 1. The van der Waals surface area contributed by atoms with Gasteiger partial charge in [-0.3, -0.25) is 0 Å². The van der Waals surface area contributed by atoms with Crippen LogP contribution < -0.4 is 10.5 Å². The van der Waals surface area contributed by atoms with Crippen LogP contribution in [0.4, 0.5) is 5.82 Å². The van der Waals surface area contributed by atoms with E-state index in [-0.39, 0.29) is 0 Å². The molecule has 0 spiro atoms. The van der Waals surface area contributed by atoms with E-state index in [0.717, 1.165) is 48.0 Å². The number of anilines is 1. The van der Waals surface area contributed by atoms with Gasteiger partial charge in [0.25, 0.3) is 0 Å². The van der Waals surface area contributed by atoms with Crippen LogP contribution >= 0.6 is 0 Å². The van der Waals surface area contributed by atoms with E-state index < -0.39 is 5.97 Å². The third-order valence-electron chi connectivity index (χ3n) is 6.06. The van der Waals surface area contributed by atoms with Crippen LogP contribution in [-0.4, -0.2) is 34.2 Å². The Morgan fingerprint density at radius 2 is 1.68 bits per heavy atom. The summed E-state index contributed by atoms with van der Waals surface area (Å²) in [5.74, 6) is 0.715. The molecule has 0 bridgehead atoms. The number of aryl methyl sites for hydroxylation is 2. The average Bonchev–Trinajstić information content (AvgIpc) is 3.13. The first-order valence-electron chi connectivity index (χ1n) is 12.0. The summed E-state index contributed by atoms with van der Waals surface area (Å²) in [5, 5.41) is 0. The molecule has 0 amide bonds. The number of para-hydroxylation sites is 2. The van der Waals surface area contributed by atoms with Gasteiger partial charge in [-0.05, 0) is 42.7 Å². The lowest BCUT2D eigenvalue weighted by atomic mass is 10.1.